The van der Waals surface area contributed by atoms with Gasteiger partial charge in [-0.15, -0.1) is 0 Å². The van der Waals surface area contributed by atoms with Crippen molar-refractivity contribution in [2.75, 3.05) is 19.8 Å². The smallest absolute Gasteiger partial charge is 0.331 e. The number of esters is 2. The van der Waals surface area contributed by atoms with Gasteiger partial charge in [0.05, 0.1) is 25.9 Å². The van der Waals surface area contributed by atoms with Crippen molar-refractivity contribution in [3.63, 3.8) is 0 Å². The van der Waals surface area contributed by atoms with Crippen LogP contribution in [0.3, 0.4) is 0 Å². The molecular formula is C30H40O6. The molecular weight excluding hydrogens is 456 g/mol. The van der Waals surface area contributed by atoms with Crippen LogP contribution in [-0.4, -0.2) is 37.9 Å². The van der Waals surface area contributed by atoms with Gasteiger partial charge in [0.2, 0.25) is 0 Å². The largest absolute Gasteiger partial charge is 0.494 e. The van der Waals surface area contributed by atoms with Gasteiger partial charge in [-0.05, 0) is 80.8 Å². The monoisotopic (exact) mass is 496 g/mol. The summed E-state index contributed by atoms with van der Waals surface area (Å²) in [6, 6.07) is 16.3. The molecule has 0 spiro atoms. The highest BCUT2D eigenvalue weighted by Crippen LogP contribution is 2.25. The third-order valence-electron chi connectivity index (χ3n) is 5.53. The van der Waals surface area contributed by atoms with Crippen LogP contribution in [0.5, 0.6) is 11.5 Å². The van der Waals surface area contributed by atoms with Crippen molar-refractivity contribution in [2.45, 2.75) is 65.9 Å². The Bertz CT molecular complexity index is 931. The number of benzene rings is 2. The Labute approximate surface area is 215 Å². The van der Waals surface area contributed by atoms with E-state index in [-0.39, 0.29) is 6.10 Å². The number of unbranched alkanes of at least 4 members (excludes halogenated alkanes) is 3. The topological polar surface area (TPSA) is 71.1 Å². The molecule has 6 heteroatoms. The summed E-state index contributed by atoms with van der Waals surface area (Å²) in [5.74, 6) is 1.22. The number of carbonyl (C=O) groups excluding carboxylic acids is 2. The van der Waals surface area contributed by atoms with Gasteiger partial charge >= 0.3 is 11.9 Å². The van der Waals surface area contributed by atoms with Crippen molar-refractivity contribution in [1.29, 1.82) is 0 Å². The van der Waals surface area contributed by atoms with E-state index in [4.69, 9.17) is 18.9 Å². The molecule has 2 aromatic rings. The van der Waals surface area contributed by atoms with Crippen LogP contribution in [0.15, 0.2) is 60.7 Å². The van der Waals surface area contributed by atoms with Crippen LogP contribution in [0.25, 0.3) is 11.1 Å². The Morgan fingerprint density at radius 2 is 1.25 bits per heavy atom. The van der Waals surface area contributed by atoms with E-state index in [9.17, 15) is 9.59 Å². The summed E-state index contributed by atoms with van der Waals surface area (Å²) >= 11 is 0. The molecule has 0 N–H and O–H groups in total. The number of hydrogen-bond acceptors (Lipinski definition) is 6. The zero-order valence-corrected chi connectivity index (χ0v) is 22.0. The van der Waals surface area contributed by atoms with E-state index in [2.05, 4.69) is 38.1 Å². The first-order chi connectivity index (χ1) is 17.4. The second kappa shape index (κ2) is 16.4. The van der Waals surface area contributed by atoms with Gasteiger partial charge in [-0.3, -0.25) is 0 Å². The maximum absolute atomic E-state index is 11.6. The SMILES string of the molecule is CC[C@H](C)COc1ccc(-c2ccc(OCCCCCCOC(=O)/C=C/C(=O)OC(C)C)cc2)cc1. The molecule has 36 heavy (non-hydrogen) atoms. The highest BCUT2D eigenvalue weighted by molar-refractivity contribution is 5.91. The van der Waals surface area contributed by atoms with Crippen LogP contribution in [0.1, 0.15) is 59.8 Å². The molecule has 0 aliphatic carbocycles. The predicted molar refractivity (Wildman–Crippen MR) is 142 cm³/mol. The minimum absolute atomic E-state index is 0.218. The summed E-state index contributed by atoms with van der Waals surface area (Å²) in [4.78, 5) is 22.9. The summed E-state index contributed by atoms with van der Waals surface area (Å²) in [7, 11) is 0. The molecule has 1 atom stereocenters. The van der Waals surface area contributed by atoms with E-state index < -0.39 is 11.9 Å². The maximum atomic E-state index is 11.6. The van der Waals surface area contributed by atoms with Gasteiger partial charge in [0.15, 0.2) is 0 Å². The Morgan fingerprint density at radius 3 is 1.81 bits per heavy atom. The number of ether oxygens (including phenoxy) is 4. The molecule has 0 aliphatic rings. The van der Waals surface area contributed by atoms with Gasteiger partial charge in [0.25, 0.3) is 0 Å². The standard InChI is InChI=1S/C30H40O6/c1-5-24(4)22-35-28-16-12-26(13-17-28)25-10-14-27(15-11-25)33-20-8-6-7-9-21-34-29(31)18-19-30(32)36-23(2)3/h10-19,23-24H,5-9,20-22H2,1-4H3/b19-18+/t24-/m0/s1. The Kier molecular flexibility index (Phi) is 13.2. The van der Waals surface area contributed by atoms with Crippen molar-refractivity contribution < 1.29 is 28.5 Å². The molecule has 0 unspecified atom stereocenters. The second-order valence-electron chi connectivity index (χ2n) is 9.12. The van der Waals surface area contributed by atoms with Gasteiger partial charge < -0.3 is 18.9 Å². The number of carbonyl (C=O) groups is 2. The summed E-state index contributed by atoms with van der Waals surface area (Å²) < 4.78 is 21.7. The maximum Gasteiger partial charge on any atom is 0.331 e. The summed E-state index contributed by atoms with van der Waals surface area (Å²) in [6.07, 6.45) is 6.70. The molecule has 2 aromatic carbocycles. The average Bonchev–Trinajstić information content (AvgIpc) is 2.88. The normalized spacial score (nSPS) is 11.9. The molecule has 6 nitrogen and oxygen atoms in total. The van der Waals surface area contributed by atoms with Crippen LogP contribution in [0.2, 0.25) is 0 Å². The number of hydrogen-bond donors (Lipinski definition) is 0. The minimum atomic E-state index is -0.548. The molecule has 0 aliphatic heterocycles. The lowest BCUT2D eigenvalue weighted by molar-refractivity contribution is -0.142. The number of rotatable bonds is 16. The summed E-state index contributed by atoms with van der Waals surface area (Å²) in [6.45, 7) is 9.57. The zero-order chi connectivity index (χ0) is 26.2. The fourth-order valence-corrected chi connectivity index (χ4v) is 3.22. The molecule has 0 saturated heterocycles. The van der Waals surface area contributed by atoms with Crippen LogP contribution in [-0.2, 0) is 19.1 Å². The van der Waals surface area contributed by atoms with Crippen LogP contribution in [0.4, 0.5) is 0 Å². The molecule has 0 amide bonds. The van der Waals surface area contributed by atoms with Gasteiger partial charge in [0, 0.05) is 12.2 Å². The highest BCUT2D eigenvalue weighted by Gasteiger charge is 2.04. The second-order valence-corrected chi connectivity index (χ2v) is 9.12. The van der Waals surface area contributed by atoms with E-state index in [1.54, 1.807) is 13.8 Å². The average molecular weight is 497 g/mol. The summed E-state index contributed by atoms with van der Waals surface area (Å²) in [5, 5.41) is 0. The van der Waals surface area contributed by atoms with Gasteiger partial charge in [-0.25, -0.2) is 9.59 Å². The fourth-order valence-electron chi connectivity index (χ4n) is 3.22. The first kappa shape index (κ1) is 29.0. The molecule has 196 valence electrons. The molecule has 0 heterocycles. The van der Waals surface area contributed by atoms with Crippen molar-refractivity contribution in [2.24, 2.45) is 5.92 Å². The Balaban J connectivity index is 1.58. The van der Waals surface area contributed by atoms with E-state index in [0.29, 0.717) is 19.1 Å². The van der Waals surface area contributed by atoms with Crippen molar-refractivity contribution in [1.82, 2.24) is 0 Å². The van der Waals surface area contributed by atoms with Gasteiger partial charge in [0.1, 0.15) is 11.5 Å². The molecule has 0 radical (unpaired) electrons. The van der Waals surface area contributed by atoms with E-state index >= 15 is 0 Å². The van der Waals surface area contributed by atoms with Crippen LogP contribution >= 0.6 is 0 Å². The minimum Gasteiger partial charge on any atom is -0.494 e. The Hall–Kier alpha value is -3.28. The zero-order valence-electron chi connectivity index (χ0n) is 22.0. The first-order valence-corrected chi connectivity index (χ1v) is 12.9. The van der Waals surface area contributed by atoms with Crippen LogP contribution in [0, 0.1) is 5.92 Å². The van der Waals surface area contributed by atoms with Gasteiger partial charge in [-0.1, -0.05) is 44.5 Å². The lowest BCUT2D eigenvalue weighted by Crippen LogP contribution is -2.09. The van der Waals surface area contributed by atoms with Gasteiger partial charge in [-0.2, -0.15) is 0 Å². The van der Waals surface area contributed by atoms with Crippen molar-refractivity contribution >= 4 is 11.9 Å². The third-order valence-corrected chi connectivity index (χ3v) is 5.53. The van der Waals surface area contributed by atoms with E-state index in [1.807, 2.05) is 24.3 Å². The molecule has 0 saturated carbocycles. The summed E-state index contributed by atoms with van der Waals surface area (Å²) in [5.41, 5.74) is 2.28. The molecule has 0 aromatic heterocycles. The third kappa shape index (κ3) is 11.9. The van der Waals surface area contributed by atoms with Crippen molar-refractivity contribution in [3.8, 4) is 22.6 Å². The quantitative estimate of drug-likeness (QED) is 0.145. The predicted octanol–water partition coefficient (Wildman–Crippen LogP) is 6.77. The molecule has 0 fully saturated rings. The van der Waals surface area contributed by atoms with Crippen molar-refractivity contribution in [3.05, 3.63) is 60.7 Å². The first-order valence-electron chi connectivity index (χ1n) is 12.9. The van der Waals surface area contributed by atoms with E-state index in [1.165, 1.54) is 0 Å². The molecule has 0 bridgehead atoms. The van der Waals surface area contributed by atoms with Crippen LogP contribution < -0.4 is 9.47 Å². The highest BCUT2D eigenvalue weighted by atomic mass is 16.5. The lowest BCUT2D eigenvalue weighted by atomic mass is 10.1. The fraction of sp³-hybridized carbons (Fsp3) is 0.467. The molecule has 2 rings (SSSR count). The lowest BCUT2D eigenvalue weighted by Gasteiger charge is -2.11. The van der Waals surface area contributed by atoms with E-state index in [0.717, 1.165) is 73.5 Å². The Morgan fingerprint density at radius 1 is 0.722 bits per heavy atom.